The van der Waals surface area contributed by atoms with Gasteiger partial charge in [0.15, 0.2) is 0 Å². The van der Waals surface area contributed by atoms with Gasteiger partial charge in [-0.25, -0.2) is 14.6 Å². The number of nitrogens with zero attached hydrogens (tertiary/aromatic N) is 3. The maximum atomic E-state index is 12.7. The molecule has 0 unspecified atom stereocenters. The summed E-state index contributed by atoms with van der Waals surface area (Å²) in [5.41, 5.74) is 2.89. The van der Waals surface area contributed by atoms with E-state index in [1.807, 2.05) is 31.2 Å². The highest BCUT2D eigenvalue weighted by Gasteiger charge is 2.23. The molecule has 1 saturated heterocycles. The summed E-state index contributed by atoms with van der Waals surface area (Å²) in [6.07, 6.45) is 0. The van der Waals surface area contributed by atoms with Gasteiger partial charge in [0.05, 0.1) is 25.0 Å². The molecule has 2 amide bonds. The number of aryl methyl sites for hydroxylation is 1. The molecule has 1 aliphatic heterocycles. The topological polar surface area (TPSA) is 97.1 Å². The van der Waals surface area contributed by atoms with Crippen molar-refractivity contribution in [2.45, 2.75) is 20.4 Å². The van der Waals surface area contributed by atoms with Gasteiger partial charge in [0, 0.05) is 44.0 Å². The fourth-order valence-corrected chi connectivity index (χ4v) is 3.86. The monoisotopic (exact) mass is 478 g/mol. The number of amides is 2. The summed E-state index contributed by atoms with van der Waals surface area (Å²) in [5, 5.41) is 2.89. The largest absolute Gasteiger partial charge is 0.497 e. The van der Waals surface area contributed by atoms with Crippen LogP contribution in [0.25, 0.3) is 11.5 Å². The molecule has 9 nitrogen and oxygen atoms in total. The maximum Gasteiger partial charge on any atom is 0.338 e. The molecule has 0 radical (unpaired) electrons. The number of benzene rings is 2. The first-order valence-corrected chi connectivity index (χ1v) is 11.6. The van der Waals surface area contributed by atoms with Crippen LogP contribution in [0.2, 0.25) is 0 Å². The van der Waals surface area contributed by atoms with E-state index < -0.39 is 0 Å². The molecule has 2 heterocycles. The van der Waals surface area contributed by atoms with Gasteiger partial charge in [-0.15, -0.1) is 0 Å². The van der Waals surface area contributed by atoms with Crippen molar-refractivity contribution in [3.05, 3.63) is 65.5 Å². The Kier molecular flexibility index (Phi) is 7.67. The van der Waals surface area contributed by atoms with E-state index in [0.717, 1.165) is 35.9 Å². The van der Waals surface area contributed by atoms with Crippen molar-refractivity contribution in [3.8, 4) is 17.2 Å². The number of rotatable bonds is 7. The summed E-state index contributed by atoms with van der Waals surface area (Å²) in [6.45, 7) is 7.35. The highest BCUT2D eigenvalue weighted by Crippen LogP contribution is 2.25. The molecule has 1 N–H and O–H groups in total. The molecule has 1 fully saturated rings. The predicted molar refractivity (Wildman–Crippen MR) is 131 cm³/mol. The van der Waals surface area contributed by atoms with Crippen LogP contribution in [0.4, 0.5) is 10.5 Å². The molecule has 1 aliphatic rings. The number of urea groups is 1. The second-order valence-corrected chi connectivity index (χ2v) is 8.24. The first-order valence-electron chi connectivity index (χ1n) is 11.6. The summed E-state index contributed by atoms with van der Waals surface area (Å²) >= 11 is 0. The Balaban J connectivity index is 1.28. The van der Waals surface area contributed by atoms with Crippen LogP contribution in [0.1, 0.15) is 28.7 Å². The van der Waals surface area contributed by atoms with Crippen LogP contribution in [0, 0.1) is 6.92 Å². The van der Waals surface area contributed by atoms with Crippen molar-refractivity contribution in [3.63, 3.8) is 0 Å². The van der Waals surface area contributed by atoms with Gasteiger partial charge < -0.3 is 24.1 Å². The van der Waals surface area contributed by atoms with Crippen molar-refractivity contribution >= 4 is 17.7 Å². The maximum absolute atomic E-state index is 12.7. The molecule has 0 atom stereocenters. The van der Waals surface area contributed by atoms with Gasteiger partial charge in [0.2, 0.25) is 5.89 Å². The zero-order valence-corrected chi connectivity index (χ0v) is 20.2. The fourth-order valence-electron chi connectivity index (χ4n) is 3.86. The van der Waals surface area contributed by atoms with E-state index in [1.165, 1.54) is 0 Å². The molecule has 0 spiro atoms. The van der Waals surface area contributed by atoms with Crippen molar-refractivity contribution in [2.75, 3.05) is 45.2 Å². The van der Waals surface area contributed by atoms with Crippen LogP contribution in [0.5, 0.6) is 5.75 Å². The molecule has 0 aliphatic carbocycles. The number of nitrogens with one attached hydrogen (secondary N) is 1. The number of hydrogen-bond donors (Lipinski definition) is 1. The summed E-state index contributed by atoms with van der Waals surface area (Å²) < 4.78 is 16.1. The molecule has 4 rings (SSSR count). The molecule has 2 aromatic carbocycles. The molecule has 1 aromatic heterocycles. The lowest BCUT2D eigenvalue weighted by Crippen LogP contribution is -2.49. The Bertz CT molecular complexity index is 1150. The first kappa shape index (κ1) is 24.3. The molecular formula is C26H30N4O5. The Morgan fingerprint density at radius 1 is 1.03 bits per heavy atom. The van der Waals surface area contributed by atoms with E-state index in [1.54, 1.807) is 43.2 Å². The Hall–Kier alpha value is -3.85. The Labute approximate surface area is 204 Å². The standard InChI is InChI=1S/C26H30N4O5/c1-4-34-25(31)20-5-9-21(10-6-20)27-26(32)30-15-13-29(14-16-30)17-23-18(2)35-24(28-23)19-7-11-22(33-3)12-8-19/h5-12H,4,13-17H2,1-3H3,(H,27,32). The van der Waals surface area contributed by atoms with Gasteiger partial charge in [0.1, 0.15) is 11.5 Å². The highest BCUT2D eigenvalue weighted by molar-refractivity contribution is 5.92. The van der Waals surface area contributed by atoms with Crippen molar-refractivity contribution in [1.82, 2.24) is 14.8 Å². The van der Waals surface area contributed by atoms with Crippen molar-refractivity contribution < 1.29 is 23.5 Å². The number of carbonyl (C=O) groups excluding carboxylic acids is 2. The molecule has 3 aromatic rings. The molecule has 0 saturated carbocycles. The number of anilines is 1. The van der Waals surface area contributed by atoms with Gasteiger partial charge in [0.25, 0.3) is 0 Å². The van der Waals surface area contributed by atoms with Gasteiger partial charge in [-0.05, 0) is 62.4 Å². The summed E-state index contributed by atoms with van der Waals surface area (Å²) in [6, 6.07) is 14.2. The lowest BCUT2D eigenvalue weighted by Gasteiger charge is -2.34. The molecule has 184 valence electrons. The number of oxazole rings is 1. The van der Waals surface area contributed by atoms with Gasteiger partial charge in [-0.3, -0.25) is 4.90 Å². The number of piperazine rings is 1. The zero-order valence-electron chi connectivity index (χ0n) is 20.2. The predicted octanol–water partition coefficient (Wildman–Crippen LogP) is 4.19. The minimum Gasteiger partial charge on any atom is -0.497 e. The number of ether oxygens (including phenoxy) is 2. The van der Waals surface area contributed by atoms with Crippen LogP contribution in [0.15, 0.2) is 52.9 Å². The third kappa shape index (κ3) is 5.99. The third-order valence-corrected chi connectivity index (χ3v) is 5.91. The van der Waals surface area contributed by atoms with Crippen LogP contribution in [0.3, 0.4) is 0 Å². The van der Waals surface area contributed by atoms with Crippen LogP contribution in [-0.4, -0.2) is 66.7 Å². The average molecular weight is 479 g/mol. The SMILES string of the molecule is CCOC(=O)c1ccc(NC(=O)N2CCN(Cc3nc(-c4ccc(OC)cc4)oc3C)CC2)cc1. The van der Waals surface area contributed by atoms with Gasteiger partial charge >= 0.3 is 12.0 Å². The summed E-state index contributed by atoms with van der Waals surface area (Å²) in [4.78, 5) is 33.2. The normalized spacial score (nSPS) is 14.0. The Morgan fingerprint density at radius 2 is 1.71 bits per heavy atom. The number of hydrogen-bond acceptors (Lipinski definition) is 7. The average Bonchev–Trinajstić information content (AvgIpc) is 3.25. The highest BCUT2D eigenvalue weighted by atomic mass is 16.5. The number of esters is 1. The first-order chi connectivity index (χ1) is 17.0. The quantitative estimate of drug-likeness (QED) is 0.509. The van der Waals surface area contributed by atoms with E-state index in [9.17, 15) is 9.59 Å². The molecular weight excluding hydrogens is 448 g/mol. The second kappa shape index (κ2) is 11.1. The van der Waals surface area contributed by atoms with Crippen molar-refractivity contribution in [1.29, 1.82) is 0 Å². The summed E-state index contributed by atoms with van der Waals surface area (Å²) in [7, 11) is 1.64. The number of carbonyl (C=O) groups is 2. The van der Waals surface area contributed by atoms with Gasteiger partial charge in [-0.2, -0.15) is 0 Å². The van der Waals surface area contributed by atoms with E-state index in [4.69, 9.17) is 18.9 Å². The molecule has 0 bridgehead atoms. The van der Waals surface area contributed by atoms with Crippen LogP contribution >= 0.6 is 0 Å². The number of aromatic nitrogens is 1. The minimum atomic E-state index is -0.375. The van der Waals surface area contributed by atoms with E-state index >= 15 is 0 Å². The lowest BCUT2D eigenvalue weighted by molar-refractivity contribution is 0.0526. The van der Waals surface area contributed by atoms with Gasteiger partial charge in [-0.1, -0.05) is 0 Å². The summed E-state index contributed by atoms with van der Waals surface area (Å²) in [5.74, 6) is 1.79. The van der Waals surface area contributed by atoms with E-state index in [2.05, 4.69) is 10.2 Å². The van der Waals surface area contributed by atoms with Crippen LogP contribution < -0.4 is 10.1 Å². The van der Waals surface area contributed by atoms with E-state index in [0.29, 0.717) is 43.4 Å². The van der Waals surface area contributed by atoms with Crippen molar-refractivity contribution in [2.24, 2.45) is 0 Å². The Morgan fingerprint density at radius 3 is 2.34 bits per heavy atom. The fraction of sp³-hybridized carbons (Fsp3) is 0.346. The second-order valence-electron chi connectivity index (χ2n) is 8.24. The molecule has 35 heavy (non-hydrogen) atoms. The third-order valence-electron chi connectivity index (χ3n) is 5.91. The number of methoxy groups -OCH3 is 1. The van der Waals surface area contributed by atoms with E-state index in [-0.39, 0.29) is 12.0 Å². The minimum absolute atomic E-state index is 0.159. The lowest BCUT2D eigenvalue weighted by atomic mass is 10.2. The smallest absolute Gasteiger partial charge is 0.338 e. The molecule has 9 heteroatoms. The zero-order chi connectivity index (χ0) is 24.8. The van der Waals surface area contributed by atoms with Crippen LogP contribution in [-0.2, 0) is 11.3 Å².